The van der Waals surface area contributed by atoms with Crippen LogP contribution in [-0.2, 0) is 11.2 Å². The lowest BCUT2D eigenvalue weighted by atomic mass is 10.0. The largest absolute Gasteiger partial charge is 0.355 e. The van der Waals surface area contributed by atoms with Crippen LogP contribution in [0.3, 0.4) is 0 Å². The van der Waals surface area contributed by atoms with Gasteiger partial charge in [-0.3, -0.25) is 4.79 Å². The van der Waals surface area contributed by atoms with Gasteiger partial charge in [0.25, 0.3) is 0 Å². The van der Waals surface area contributed by atoms with Crippen LogP contribution in [0.5, 0.6) is 0 Å². The van der Waals surface area contributed by atoms with Gasteiger partial charge in [-0.25, -0.2) is 4.39 Å². The maximum atomic E-state index is 12.9. The van der Waals surface area contributed by atoms with Crippen molar-refractivity contribution in [2.75, 3.05) is 13.1 Å². The van der Waals surface area contributed by atoms with Gasteiger partial charge in [0.1, 0.15) is 5.82 Å². The molecule has 1 unspecified atom stereocenters. The molecule has 17 heavy (non-hydrogen) atoms. The Labute approximate surface area is 107 Å². The van der Waals surface area contributed by atoms with Gasteiger partial charge in [0, 0.05) is 19.0 Å². The third-order valence-corrected chi connectivity index (χ3v) is 2.32. The molecule has 1 aromatic rings. The lowest BCUT2D eigenvalue weighted by Crippen LogP contribution is -2.34. The quantitative estimate of drug-likeness (QED) is 0.843. The highest BCUT2D eigenvalue weighted by Gasteiger charge is 2.12. The molecule has 0 aromatic heterocycles. The highest BCUT2D eigenvalue weighted by atomic mass is 35.5. The molecule has 5 heteroatoms. The van der Waals surface area contributed by atoms with Crippen LogP contribution < -0.4 is 11.1 Å². The fraction of sp³-hybridized carbons (Fsp3) is 0.417. The van der Waals surface area contributed by atoms with Gasteiger partial charge in [-0.1, -0.05) is 19.1 Å². The number of rotatable bonds is 5. The van der Waals surface area contributed by atoms with E-state index >= 15 is 0 Å². The van der Waals surface area contributed by atoms with E-state index in [2.05, 4.69) is 5.32 Å². The molecular weight excluding hydrogens is 243 g/mol. The number of carbonyl (C=O) groups excluding carboxylic acids is 1. The SMILES string of the molecule is CC(Cc1cccc(F)c1)C(=O)NCCN.Cl. The summed E-state index contributed by atoms with van der Waals surface area (Å²) < 4.78 is 12.9. The molecule has 0 aliphatic rings. The van der Waals surface area contributed by atoms with Crippen LogP contribution in [0.4, 0.5) is 4.39 Å². The predicted octanol–water partition coefficient (Wildman–Crippen LogP) is 1.50. The molecule has 3 N–H and O–H groups in total. The van der Waals surface area contributed by atoms with Crippen molar-refractivity contribution in [1.29, 1.82) is 0 Å². The maximum Gasteiger partial charge on any atom is 0.223 e. The summed E-state index contributed by atoms with van der Waals surface area (Å²) in [4.78, 5) is 11.5. The van der Waals surface area contributed by atoms with Gasteiger partial charge in [-0.15, -0.1) is 12.4 Å². The Morgan fingerprint density at radius 3 is 2.82 bits per heavy atom. The molecule has 96 valence electrons. The van der Waals surface area contributed by atoms with Crippen LogP contribution in [0.15, 0.2) is 24.3 Å². The average molecular weight is 261 g/mol. The highest BCUT2D eigenvalue weighted by molar-refractivity contribution is 5.85. The first kappa shape index (κ1) is 15.9. The molecule has 0 aliphatic heterocycles. The molecule has 0 saturated heterocycles. The molecule has 0 aliphatic carbocycles. The number of carbonyl (C=O) groups is 1. The van der Waals surface area contributed by atoms with Crippen LogP contribution in [0, 0.1) is 11.7 Å². The molecule has 1 rings (SSSR count). The first-order valence-electron chi connectivity index (χ1n) is 5.35. The second kappa shape index (κ2) is 8.03. The summed E-state index contributed by atoms with van der Waals surface area (Å²) >= 11 is 0. The van der Waals surface area contributed by atoms with E-state index in [0.717, 1.165) is 5.56 Å². The van der Waals surface area contributed by atoms with Crippen molar-refractivity contribution in [1.82, 2.24) is 5.32 Å². The standard InChI is InChI=1S/C12H17FN2O.ClH/c1-9(12(16)15-6-5-14)7-10-3-2-4-11(13)8-10;/h2-4,8-9H,5-7,14H2,1H3,(H,15,16);1H. The molecule has 1 atom stereocenters. The Balaban J connectivity index is 0.00000256. The molecule has 0 spiro atoms. The first-order chi connectivity index (χ1) is 7.63. The number of amides is 1. The summed E-state index contributed by atoms with van der Waals surface area (Å²) in [6.45, 7) is 2.72. The van der Waals surface area contributed by atoms with Crippen molar-refractivity contribution >= 4 is 18.3 Å². The van der Waals surface area contributed by atoms with Crippen molar-refractivity contribution < 1.29 is 9.18 Å². The van der Waals surface area contributed by atoms with Crippen molar-refractivity contribution in [3.8, 4) is 0 Å². The van der Waals surface area contributed by atoms with Crippen LogP contribution in [0.1, 0.15) is 12.5 Å². The summed E-state index contributed by atoms with van der Waals surface area (Å²) in [5.41, 5.74) is 6.11. The normalized spacial score (nSPS) is 11.5. The van der Waals surface area contributed by atoms with Crippen LogP contribution in [-0.4, -0.2) is 19.0 Å². The van der Waals surface area contributed by atoms with Gasteiger partial charge in [-0.2, -0.15) is 0 Å². The lowest BCUT2D eigenvalue weighted by molar-refractivity contribution is -0.124. The molecule has 1 aromatic carbocycles. The fourth-order valence-electron chi connectivity index (χ4n) is 1.48. The number of halogens is 2. The van der Waals surface area contributed by atoms with Gasteiger partial charge in [-0.05, 0) is 24.1 Å². The van der Waals surface area contributed by atoms with E-state index in [1.54, 1.807) is 6.07 Å². The highest BCUT2D eigenvalue weighted by Crippen LogP contribution is 2.10. The number of hydrogen-bond acceptors (Lipinski definition) is 2. The molecule has 0 heterocycles. The Morgan fingerprint density at radius 2 is 2.24 bits per heavy atom. The number of hydrogen-bond donors (Lipinski definition) is 2. The number of nitrogens with two attached hydrogens (primary N) is 1. The Kier molecular flexibility index (Phi) is 7.50. The molecule has 3 nitrogen and oxygen atoms in total. The van der Waals surface area contributed by atoms with Gasteiger partial charge >= 0.3 is 0 Å². The van der Waals surface area contributed by atoms with Gasteiger partial charge in [0.2, 0.25) is 5.91 Å². The van der Waals surface area contributed by atoms with E-state index in [9.17, 15) is 9.18 Å². The average Bonchev–Trinajstić information content (AvgIpc) is 2.25. The summed E-state index contributed by atoms with van der Waals surface area (Å²) in [6.07, 6.45) is 0.536. The van der Waals surface area contributed by atoms with Crippen molar-refractivity contribution in [2.45, 2.75) is 13.3 Å². The minimum Gasteiger partial charge on any atom is -0.355 e. The van der Waals surface area contributed by atoms with Gasteiger partial charge in [0.05, 0.1) is 0 Å². The molecule has 1 amide bonds. The van der Waals surface area contributed by atoms with Crippen molar-refractivity contribution in [3.05, 3.63) is 35.6 Å². The van der Waals surface area contributed by atoms with Crippen LogP contribution in [0.2, 0.25) is 0 Å². The zero-order valence-electron chi connectivity index (χ0n) is 9.78. The second-order valence-corrected chi connectivity index (χ2v) is 3.81. The monoisotopic (exact) mass is 260 g/mol. The first-order valence-corrected chi connectivity index (χ1v) is 5.35. The second-order valence-electron chi connectivity index (χ2n) is 3.81. The number of benzene rings is 1. The minimum absolute atomic E-state index is 0. The number of nitrogens with one attached hydrogen (secondary N) is 1. The lowest BCUT2D eigenvalue weighted by Gasteiger charge is -2.11. The molecular formula is C12H18ClFN2O. The minimum atomic E-state index is -0.271. The zero-order valence-corrected chi connectivity index (χ0v) is 10.6. The maximum absolute atomic E-state index is 12.9. The van der Waals surface area contributed by atoms with E-state index in [1.807, 2.05) is 13.0 Å². The Hall–Kier alpha value is -1.13. The van der Waals surface area contributed by atoms with Crippen LogP contribution in [0.25, 0.3) is 0 Å². The zero-order chi connectivity index (χ0) is 12.0. The summed E-state index contributed by atoms with van der Waals surface area (Å²) in [5.74, 6) is -0.491. The van der Waals surface area contributed by atoms with Crippen molar-refractivity contribution in [2.24, 2.45) is 11.7 Å². The van der Waals surface area contributed by atoms with Crippen molar-refractivity contribution in [3.63, 3.8) is 0 Å². The Morgan fingerprint density at radius 1 is 1.53 bits per heavy atom. The summed E-state index contributed by atoms with van der Waals surface area (Å²) in [7, 11) is 0. The summed E-state index contributed by atoms with van der Waals surface area (Å²) in [6, 6.07) is 6.31. The summed E-state index contributed by atoms with van der Waals surface area (Å²) in [5, 5.41) is 2.71. The van der Waals surface area contributed by atoms with E-state index in [-0.39, 0.29) is 30.0 Å². The molecule has 0 radical (unpaired) electrons. The van der Waals surface area contributed by atoms with Gasteiger partial charge in [0.15, 0.2) is 0 Å². The van der Waals surface area contributed by atoms with E-state index in [0.29, 0.717) is 19.5 Å². The molecule has 0 fully saturated rings. The van der Waals surface area contributed by atoms with Gasteiger partial charge < -0.3 is 11.1 Å². The van der Waals surface area contributed by atoms with E-state index in [4.69, 9.17) is 5.73 Å². The fourth-order valence-corrected chi connectivity index (χ4v) is 1.48. The third kappa shape index (κ3) is 5.65. The Bertz CT molecular complexity index is 360. The van der Waals surface area contributed by atoms with E-state index in [1.165, 1.54) is 12.1 Å². The predicted molar refractivity (Wildman–Crippen MR) is 68.6 cm³/mol. The molecule has 0 bridgehead atoms. The van der Waals surface area contributed by atoms with E-state index < -0.39 is 0 Å². The molecule has 0 saturated carbocycles. The van der Waals surface area contributed by atoms with Crippen LogP contribution >= 0.6 is 12.4 Å². The topological polar surface area (TPSA) is 55.1 Å². The smallest absolute Gasteiger partial charge is 0.223 e. The third-order valence-electron chi connectivity index (χ3n) is 2.32.